The van der Waals surface area contributed by atoms with E-state index < -0.39 is 0 Å². The average Bonchev–Trinajstić information content (AvgIpc) is 3.20. The summed E-state index contributed by atoms with van der Waals surface area (Å²) in [4.78, 5) is 4.62. The highest BCUT2D eigenvalue weighted by Gasteiger charge is 2.40. The first-order valence-electron chi connectivity index (χ1n) is 8.03. The number of rotatable bonds is 4. The maximum absolute atomic E-state index is 10.1. The number of aliphatic hydroxyl groups excluding tert-OH is 1. The first kappa shape index (κ1) is 14.2. The zero-order chi connectivity index (χ0) is 15.7. The number of hydrogen-bond acceptors (Lipinski definition) is 2. The molecule has 0 amide bonds. The summed E-state index contributed by atoms with van der Waals surface area (Å²) in [6, 6.07) is 18.8. The summed E-state index contributed by atoms with van der Waals surface area (Å²) in [6.07, 6.45) is 5.70. The van der Waals surface area contributed by atoms with Gasteiger partial charge >= 0.3 is 0 Å². The van der Waals surface area contributed by atoms with Crippen molar-refractivity contribution >= 4 is 0 Å². The molecule has 0 spiro atoms. The van der Waals surface area contributed by atoms with Crippen molar-refractivity contribution in [3.63, 3.8) is 0 Å². The normalized spacial score (nSPS) is 15.5. The van der Waals surface area contributed by atoms with Gasteiger partial charge in [-0.2, -0.15) is 0 Å². The maximum Gasteiger partial charge on any atom is 0.0952 e. The van der Waals surface area contributed by atoms with Gasteiger partial charge in [0.05, 0.1) is 18.6 Å². The quantitative estimate of drug-likeness (QED) is 0.805. The van der Waals surface area contributed by atoms with E-state index in [4.69, 9.17) is 0 Å². The van der Waals surface area contributed by atoms with Gasteiger partial charge in [-0.3, -0.25) is 0 Å². The van der Waals surface area contributed by atoms with E-state index in [1.54, 1.807) is 0 Å². The summed E-state index contributed by atoms with van der Waals surface area (Å²) in [5.74, 6) is 0. The van der Waals surface area contributed by atoms with Crippen LogP contribution >= 0.6 is 0 Å². The van der Waals surface area contributed by atoms with Crippen molar-refractivity contribution in [2.75, 3.05) is 6.61 Å². The number of benzene rings is 2. The zero-order valence-corrected chi connectivity index (χ0v) is 13.0. The molecule has 0 radical (unpaired) electrons. The van der Waals surface area contributed by atoms with Crippen LogP contribution in [0.15, 0.2) is 67.1 Å². The number of hydrogen-bond donors (Lipinski definition) is 1. The minimum absolute atomic E-state index is 0.129. The van der Waals surface area contributed by atoms with Crippen LogP contribution in [0.25, 0.3) is 0 Å². The standard InChI is InChI=1S/C20H20N2O/c23-14-20(10-17-8-4-5-9-18(17)11-20)19-13-22(15-21-19)12-16-6-2-1-3-7-16/h1-9,13,15,23H,10-12,14H2. The predicted molar refractivity (Wildman–Crippen MR) is 90.4 cm³/mol. The van der Waals surface area contributed by atoms with Gasteiger partial charge in [-0.1, -0.05) is 54.6 Å². The third-order valence-electron chi connectivity index (χ3n) is 4.86. The molecule has 3 heteroatoms. The molecule has 0 atom stereocenters. The van der Waals surface area contributed by atoms with Gasteiger partial charge < -0.3 is 9.67 Å². The Morgan fingerprint density at radius 2 is 1.61 bits per heavy atom. The number of aliphatic hydroxyl groups is 1. The van der Waals surface area contributed by atoms with E-state index in [1.165, 1.54) is 16.7 Å². The lowest BCUT2D eigenvalue weighted by atomic mass is 9.82. The van der Waals surface area contributed by atoms with Crippen LogP contribution in [-0.2, 0) is 24.8 Å². The summed E-state index contributed by atoms with van der Waals surface area (Å²) < 4.78 is 2.10. The molecule has 1 aliphatic carbocycles. The smallest absolute Gasteiger partial charge is 0.0952 e. The summed E-state index contributed by atoms with van der Waals surface area (Å²) in [5.41, 5.74) is 4.64. The number of fused-ring (bicyclic) bond motifs is 1. The van der Waals surface area contributed by atoms with E-state index in [-0.39, 0.29) is 12.0 Å². The Hall–Kier alpha value is -2.39. The molecular weight excluding hydrogens is 284 g/mol. The summed E-state index contributed by atoms with van der Waals surface area (Å²) in [7, 11) is 0. The van der Waals surface area contributed by atoms with Gasteiger partial charge in [-0.25, -0.2) is 4.98 Å². The van der Waals surface area contributed by atoms with Crippen molar-refractivity contribution in [1.29, 1.82) is 0 Å². The van der Waals surface area contributed by atoms with E-state index in [0.717, 1.165) is 25.1 Å². The Morgan fingerprint density at radius 3 is 2.26 bits per heavy atom. The van der Waals surface area contributed by atoms with Gasteiger partial charge in [0.25, 0.3) is 0 Å². The van der Waals surface area contributed by atoms with Crippen LogP contribution in [0.1, 0.15) is 22.4 Å². The fraction of sp³-hybridized carbons (Fsp3) is 0.250. The second kappa shape index (κ2) is 5.67. The molecule has 23 heavy (non-hydrogen) atoms. The van der Waals surface area contributed by atoms with Crippen LogP contribution in [0.4, 0.5) is 0 Å². The van der Waals surface area contributed by atoms with E-state index >= 15 is 0 Å². The highest BCUT2D eigenvalue weighted by molar-refractivity contribution is 5.40. The van der Waals surface area contributed by atoms with Crippen LogP contribution < -0.4 is 0 Å². The molecule has 0 saturated heterocycles. The lowest BCUT2D eigenvalue weighted by molar-refractivity contribution is 0.195. The summed E-state index contributed by atoms with van der Waals surface area (Å²) in [6.45, 7) is 0.937. The maximum atomic E-state index is 10.1. The molecule has 1 N–H and O–H groups in total. The molecule has 1 aliphatic rings. The molecule has 1 aromatic heterocycles. The Morgan fingerprint density at radius 1 is 0.957 bits per heavy atom. The molecule has 0 aliphatic heterocycles. The third kappa shape index (κ3) is 2.57. The highest BCUT2D eigenvalue weighted by atomic mass is 16.3. The van der Waals surface area contributed by atoms with Crippen molar-refractivity contribution in [2.45, 2.75) is 24.8 Å². The van der Waals surface area contributed by atoms with E-state index in [9.17, 15) is 5.11 Å². The van der Waals surface area contributed by atoms with Crippen LogP contribution in [0.2, 0.25) is 0 Å². The first-order valence-corrected chi connectivity index (χ1v) is 8.03. The molecule has 1 heterocycles. The Bertz CT molecular complexity index is 782. The lowest BCUT2D eigenvalue weighted by Gasteiger charge is -2.24. The van der Waals surface area contributed by atoms with Gasteiger partial charge in [0.1, 0.15) is 0 Å². The van der Waals surface area contributed by atoms with Crippen LogP contribution in [0.3, 0.4) is 0 Å². The van der Waals surface area contributed by atoms with Crippen molar-refractivity contribution in [3.05, 3.63) is 89.5 Å². The SMILES string of the molecule is OCC1(c2cn(Cc3ccccc3)cn2)Cc2ccccc2C1. The van der Waals surface area contributed by atoms with Gasteiger partial charge in [-0.15, -0.1) is 0 Å². The molecular formula is C20H20N2O. The fourth-order valence-corrected chi connectivity index (χ4v) is 3.58. The summed E-state index contributed by atoms with van der Waals surface area (Å²) in [5, 5.41) is 10.1. The molecule has 0 unspecified atom stereocenters. The molecule has 2 aromatic carbocycles. The average molecular weight is 304 g/mol. The first-order chi connectivity index (χ1) is 11.3. The molecule has 0 saturated carbocycles. The van der Waals surface area contributed by atoms with E-state index in [2.05, 4.69) is 64.3 Å². The van der Waals surface area contributed by atoms with Crippen LogP contribution in [0.5, 0.6) is 0 Å². The van der Waals surface area contributed by atoms with Crippen molar-refractivity contribution in [3.8, 4) is 0 Å². The fourth-order valence-electron chi connectivity index (χ4n) is 3.58. The number of aromatic nitrogens is 2. The predicted octanol–water partition coefficient (Wildman–Crippen LogP) is 2.96. The van der Waals surface area contributed by atoms with Gasteiger partial charge in [0.2, 0.25) is 0 Å². The van der Waals surface area contributed by atoms with Crippen LogP contribution in [0, 0.1) is 0 Å². The third-order valence-corrected chi connectivity index (χ3v) is 4.86. The Labute approximate surface area is 136 Å². The minimum Gasteiger partial charge on any atom is -0.395 e. The Balaban J connectivity index is 1.61. The van der Waals surface area contributed by atoms with Gasteiger partial charge in [0.15, 0.2) is 0 Å². The number of imidazole rings is 1. The van der Waals surface area contributed by atoms with Crippen molar-refractivity contribution in [2.24, 2.45) is 0 Å². The van der Waals surface area contributed by atoms with E-state index in [1.807, 2.05) is 12.4 Å². The topological polar surface area (TPSA) is 38.0 Å². The molecule has 4 rings (SSSR count). The zero-order valence-electron chi connectivity index (χ0n) is 13.0. The van der Waals surface area contributed by atoms with Crippen LogP contribution in [-0.4, -0.2) is 21.3 Å². The van der Waals surface area contributed by atoms with Crippen molar-refractivity contribution in [1.82, 2.24) is 9.55 Å². The monoisotopic (exact) mass is 304 g/mol. The van der Waals surface area contributed by atoms with Crippen molar-refractivity contribution < 1.29 is 5.11 Å². The van der Waals surface area contributed by atoms with Gasteiger partial charge in [0, 0.05) is 18.2 Å². The Kier molecular flexibility index (Phi) is 3.50. The molecule has 3 nitrogen and oxygen atoms in total. The van der Waals surface area contributed by atoms with Gasteiger partial charge in [-0.05, 0) is 29.5 Å². The highest BCUT2D eigenvalue weighted by Crippen LogP contribution is 2.38. The number of nitrogens with zero attached hydrogens (tertiary/aromatic N) is 2. The molecule has 0 fully saturated rings. The van der Waals surface area contributed by atoms with E-state index in [0.29, 0.717) is 0 Å². The summed E-state index contributed by atoms with van der Waals surface area (Å²) >= 11 is 0. The second-order valence-corrected chi connectivity index (χ2v) is 6.48. The minimum atomic E-state index is -0.272. The molecule has 3 aromatic rings. The second-order valence-electron chi connectivity index (χ2n) is 6.48. The lowest BCUT2D eigenvalue weighted by Crippen LogP contribution is -2.31. The molecule has 116 valence electrons. The largest absolute Gasteiger partial charge is 0.395 e. The molecule has 0 bridgehead atoms.